The van der Waals surface area contributed by atoms with Gasteiger partial charge in [0.05, 0.1) is 0 Å². The molecular formula is C16H10F2N4S. The van der Waals surface area contributed by atoms with Crippen LogP contribution in [0.1, 0.15) is 10.6 Å². The first-order valence-corrected chi connectivity index (χ1v) is 7.72. The Morgan fingerprint density at radius 3 is 2.22 bits per heavy atom. The van der Waals surface area contributed by atoms with E-state index in [4.69, 9.17) is 0 Å². The number of hydrogen-bond donors (Lipinski definition) is 0. The molecule has 0 amide bonds. The van der Waals surface area contributed by atoms with Gasteiger partial charge in [-0.2, -0.15) is 9.61 Å². The Labute approximate surface area is 134 Å². The van der Waals surface area contributed by atoms with E-state index in [1.54, 1.807) is 28.8 Å². The standard InChI is InChI=1S/C16H10F2N4S/c17-12-5-1-10(2-6-12)9-14-21-22-15(19-20-16(22)23-14)11-3-7-13(18)8-4-11/h1-8H,9H2. The first-order chi connectivity index (χ1) is 11.2. The zero-order chi connectivity index (χ0) is 15.8. The Morgan fingerprint density at radius 2 is 1.52 bits per heavy atom. The Balaban J connectivity index is 1.68. The monoisotopic (exact) mass is 328 g/mol. The number of nitrogens with zero attached hydrogens (tertiary/aromatic N) is 4. The molecule has 0 unspecified atom stereocenters. The second kappa shape index (κ2) is 5.51. The SMILES string of the molecule is Fc1ccc(Cc2nn3c(-c4ccc(F)cc4)nnc3s2)cc1. The maximum absolute atomic E-state index is 13.0. The highest BCUT2D eigenvalue weighted by Crippen LogP contribution is 2.23. The van der Waals surface area contributed by atoms with Gasteiger partial charge in [0.15, 0.2) is 5.82 Å². The highest BCUT2D eigenvalue weighted by molar-refractivity contribution is 7.16. The molecule has 4 aromatic rings. The molecule has 4 nitrogen and oxygen atoms in total. The average molecular weight is 328 g/mol. The van der Waals surface area contributed by atoms with Crippen LogP contribution in [0.15, 0.2) is 48.5 Å². The summed E-state index contributed by atoms with van der Waals surface area (Å²) in [6.07, 6.45) is 0.594. The van der Waals surface area contributed by atoms with E-state index in [9.17, 15) is 8.78 Å². The second-order valence-electron chi connectivity index (χ2n) is 5.02. The van der Waals surface area contributed by atoms with Crippen molar-refractivity contribution in [1.29, 1.82) is 0 Å². The third kappa shape index (κ3) is 2.70. The number of benzene rings is 2. The molecule has 0 saturated carbocycles. The number of halogens is 2. The summed E-state index contributed by atoms with van der Waals surface area (Å²) in [5, 5.41) is 13.6. The lowest BCUT2D eigenvalue weighted by Gasteiger charge is -1.98. The number of hydrogen-bond acceptors (Lipinski definition) is 4. The lowest BCUT2D eigenvalue weighted by molar-refractivity contribution is 0.627. The van der Waals surface area contributed by atoms with E-state index in [1.165, 1.54) is 35.6 Å². The first kappa shape index (κ1) is 14.0. The van der Waals surface area contributed by atoms with Gasteiger partial charge in [0, 0.05) is 12.0 Å². The van der Waals surface area contributed by atoms with Crippen LogP contribution in [-0.2, 0) is 6.42 Å². The van der Waals surface area contributed by atoms with E-state index in [0.29, 0.717) is 17.2 Å². The van der Waals surface area contributed by atoms with E-state index in [0.717, 1.165) is 16.1 Å². The quantitative estimate of drug-likeness (QED) is 0.576. The normalized spacial score (nSPS) is 11.2. The van der Waals surface area contributed by atoms with E-state index in [1.807, 2.05) is 0 Å². The van der Waals surface area contributed by atoms with Crippen LogP contribution >= 0.6 is 11.3 Å². The summed E-state index contributed by atoms with van der Waals surface area (Å²) in [7, 11) is 0. The van der Waals surface area contributed by atoms with Crippen LogP contribution in [0.5, 0.6) is 0 Å². The van der Waals surface area contributed by atoms with Crippen molar-refractivity contribution in [1.82, 2.24) is 19.8 Å². The van der Waals surface area contributed by atoms with Gasteiger partial charge in [-0.25, -0.2) is 8.78 Å². The molecule has 0 saturated heterocycles. The molecule has 0 fully saturated rings. The molecule has 4 rings (SSSR count). The van der Waals surface area contributed by atoms with Gasteiger partial charge < -0.3 is 0 Å². The topological polar surface area (TPSA) is 43.1 Å². The van der Waals surface area contributed by atoms with Gasteiger partial charge in [-0.15, -0.1) is 10.2 Å². The molecule has 0 radical (unpaired) electrons. The molecule has 2 heterocycles. The smallest absolute Gasteiger partial charge is 0.207 e. The largest absolute Gasteiger partial charge is 0.234 e. The molecule has 0 spiro atoms. The fourth-order valence-corrected chi connectivity index (χ4v) is 3.15. The number of aromatic nitrogens is 4. The van der Waals surface area contributed by atoms with Crippen molar-refractivity contribution in [2.75, 3.05) is 0 Å². The highest BCUT2D eigenvalue weighted by Gasteiger charge is 2.13. The maximum atomic E-state index is 13.0. The first-order valence-electron chi connectivity index (χ1n) is 6.90. The predicted molar refractivity (Wildman–Crippen MR) is 83.3 cm³/mol. The molecule has 0 aliphatic heterocycles. The zero-order valence-electron chi connectivity index (χ0n) is 11.8. The van der Waals surface area contributed by atoms with Crippen LogP contribution in [0.3, 0.4) is 0 Å². The van der Waals surface area contributed by atoms with Crippen molar-refractivity contribution in [2.45, 2.75) is 6.42 Å². The fourth-order valence-electron chi connectivity index (χ4n) is 2.28. The van der Waals surface area contributed by atoms with E-state index in [-0.39, 0.29) is 11.6 Å². The van der Waals surface area contributed by atoms with Gasteiger partial charge in [0.1, 0.15) is 16.6 Å². The van der Waals surface area contributed by atoms with Crippen molar-refractivity contribution >= 4 is 16.3 Å². The van der Waals surface area contributed by atoms with Crippen molar-refractivity contribution in [2.24, 2.45) is 0 Å². The second-order valence-corrected chi connectivity index (χ2v) is 6.06. The van der Waals surface area contributed by atoms with Gasteiger partial charge in [-0.3, -0.25) is 0 Å². The third-order valence-corrected chi connectivity index (χ3v) is 4.30. The Bertz CT molecular complexity index is 958. The lowest BCUT2D eigenvalue weighted by atomic mass is 10.2. The molecule has 7 heteroatoms. The van der Waals surface area contributed by atoms with Crippen LogP contribution in [-0.4, -0.2) is 19.8 Å². The van der Waals surface area contributed by atoms with Gasteiger partial charge >= 0.3 is 0 Å². The van der Waals surface area contributed by atoms with E-state index >= 15 is 0 Å². The van der Waals surface area contributed by atoms with E-state index in [2.05, 4.69) is 15.3 Å². The summed E-state index contributed by atoms with van der Waals surface area (Å²) >= 11 is 1.43. The number of fused-ring (bicyclic) bond motifs is 1. The lowest BCUT2D eigenvalue weighted by Crippen LogP contribution is -1.94. The Hall–Kier alpha value is -2.67. The summed E-state index contributed by atoms with van der Waals surface area (Å²) in [4.78, 5) is 0.668. The summed E-state index contributed by atoms with van der Waals surface area (Å²) in [6.45, 7) is 0. The molecule has 0 atom stereocenters. The van der Waals surface area contributed by atoms with Gasteiger partial charge in [0.2, 0.25) is 4.96 Å². The summed E-state index contributed by atoms with van der Waals surface area (Å²) in [6, 6.07) is 12.4. The van der Waals surface area contributed by atoms with Crippen LogP contribution in [0.2, 0.25) is 0 Å². The molecule has 114 valence electrons. The average Bonchev–Trinajstić information content (AvgIpc) is 3.11. The molecule has 2 aromatic carbocycles. The summed E-state index contributed by atoms with van der Waals surface area (Å²) in [5.41, 5.74) is 1.72. The minimum atomic E-state index is -0.301. The minimum absolute atomic E-state index is 0.259. The molecule has 0 aliphatic rings. The number of rotatable bonds is 3. The van der Waals surface area contributed by atoms with Gasteiger partial charge in [0.25, 0.3) is 0 Å². The fraction of sp³-hybridized carbons (Fsp3) is 0.0625. The molecule has 23 heavy (non-hydrogen) atoms. The molecular weight excluding hydrogens is 318 g/mol. The van der Waals surface area contributed by atoms with Crippen LogP contribution < -0.4 is 0 Å². The van der Waals surface area contributed by atoms with E-state index < -0.39 is 0 Å². The van der Waals surface area contributed by atoms with Crippen LogP contribution in [0.4, 0.5) is 8.78 Å². The van der Waals surface area contributed by atoms with Crippen molar-refractivity contribution in [3.05, 3.63) is 70.7 Å². The molecule has 0 bridgehead atoms. The Morgan fingerprint density at radius 1 is 0.870 bits per heavy atom. The summed E-state index contributed by atoms with van der Waals surface area (Å²) in [5.74, 6) is 0.0110. The molecule has 2 aromatic heterocycles. The van der Waals surface area contributed by atoms with Crippen LogP contribution in [0, 0.1) is 11.6 Å². The zero-order valence-corrected chi connectivity index (χ0v) is 12.6. The van der Waals surface area contributed by atoms with Crippen molar-refractivity contribution in [3.8, 4) is 11.4 Å². The highest BCUT2D eigenvalue weighted by atomic mass is 32.1. The Kier molecular flexibility index (Phi) is 3.34. The third-order valence-electron chi connectivity index (χ3n) is 3.40. The minimum Gasteiger partial charge on any atom is -0.207 e. The van der Waals surface area contributed by atoms with Crippen molar-refractivity contribution < 1.29 is 8.78 Å². The molecule has 0 aliphatic carbocycles. The van der Waals surface area contributed by atoms with Crippen LogP contribution in [0.25, 0.3) is 16.3 Å². The maximum Gasteiger partial charge on any atom is 0.234 e. The predicted octanol–water partition coefficient (Wildman–Crippen LogP) is 3.72. The summed E-state index contributed by atoms with van der Waals surface area (Å²) < 4.78 is 27.6. The van der Waals surface area contributed by atoms with Crippen molar-refractivity contribution in [3.63, 3.8) is 0 Å². The van der Waals surface area contributed by atoms with Gasteiger partial charge in [-0.05, 0) is 42.0 Å². The van der Waals surface area contributed by atoms with Gasteiger partial charge in [-0.1, -0.05) is 23.5 Å². The molecule has 0 N–H and O–H groups in total.